The molecule has 3 heterocycles. The Bertz CT molecular complexity index is 922. The molecule has 2 amide bonds. The van der Waals surface area contributed by atoms with Crippen molar-refractivity contribution >= 4 is 11.8 Å². The molecule has 0 aliphatic carbocycles. The molecule has 8 heteroatoms. The van der Waals surface area contributed by atoms with Gasteiger partial charge in [0, 0.05) is 51.5 Å². The maximum absolute atomic E-state index is 14.0. The molecule has 2 aliphatic rings. The van der Waals surface area contributed by atoms with Gasteiger partial charge in [-0.3, -0.25) is 14.5 Å². The lowest BCUT2D eigenvalue weighted by atomic mass is 9.95. The van der Waals surface area contributed by atoms with Crippen molar-refractivity contribution in [2.45, 2.75) is 25.8 Å². The molecule has 2 fully saturated rings. The molecule has 2 saturated heterocycles. The molecule has 0 atom stereocenters. The summed E-state index contributed by atoms with van der Waals surface area (Å²) < 4.78 is 16.0. The molecule has 0 saturated carbocycles. The topological polar surface area (TPSA) is 61.7 Å². The van der Waals surface area contributed by atoms with E-state index < -0.39 is 5.82 Å². The van der Waals surface area contributed by atoms with Crippen LogP contribution in [0.4, 0.5) is 4.39 Å². The van der Waals surface area contributed by atoms with Gasteiger partial charge < -0.3 is 14.4 Å². The standard InChI is InChI=1S/C23H30FN5O2/c1-26-14-9-25-21(26)17-27-12-7-18(8-13-27)22(30)28-10-4-11-29(16-15-28)23(31)19-5-2-3-6-20(19)24/h2-3,5-6,9,14,18H,4,7-8,10-13,15-17H2,1H3. The van der Waals surface area contributed by atoms with E-state index in [1.54, 1.807) is 17.0 Å². The summed E-state index contributed by atoms with van der Waals surface area (Å²) in [4.78, 5) is 36.1. The Morgan fingerprint density at radius 1 is 1.03 bits per heavy atom. The van der Waals surface area contributed by atoms with Crippen LogP contribution >= 0.6 is 0 Å². The summed E-state index contributed by atoms with van der Waals surface area (Å²) in [5, 5.41) is 0. The third-order valence-corrected chi connectivity index (χ3v) is 6.42. The van der Waals surface area contributed by atoms with E-state index >= 15 is 0 Å². The number of piperidine rings is 1. The molecule has 7 nitrogen and oxygen atoms in total. The second-order valence-corrected chi connectivity index (χ2v) is 8.46. The number of carbonyl (C=O) groups is 2. The molecule has 0 bridgehead atoms. The normalized spacial score (nSPS) is 18.8. The molecule has 2 aromatic rings. The number of hydrogen-bond acceptors (Lipinski definition) is 4. The van der Waals surface area contributed by atoms with Gasteiger partial charge in [0.2, 0.25) is 5.91 Å². The van der Waals surface area contributed by atoms with E-state index in [9.17, 15) is 14.0 Å². The highest BCUT2D eigenvalue weighted by atomic mass is 19.1. The minimum Gasteiger partial charge on any atom is -0.341 e. The molecule has 0 unspecified atom stereocenters. The average molecular weight is 428 g/mol. The second-order valence-electron chi connectivity index (χ2n) is 8.46. The van der Waals surface area contributed by atoms with Crippen molar-refractivity contribution in [1.29, 1.82) is 0 Å². The fourth-order valence-corrected chi connectivity index (χ4v) is 4.49. The quantitative estimate of drug-likeness (QED) is 0.750. The van der Waals surface area contributed by atoms with Gasteiger partial charge in [-0.15, -0.1) is 0 Å². The number of carbonyl (C=O) groups excluding carboxylic acids is 2. The summed E-state index contributed by atoms with van der Waals surface area (Å²) in [6.07, 6.45) is 6.16. The Labute approximate surface area is 182 Å². The first-order valence-electron chi connectivity index (χ1n) is 11.0. The Balaban J connectivity index is 1.28. The third kappa shape index (κ3) is 4.95. The van der Waals surface area contributed by atoms with Gasteiger partial charge in [0.05, 0.1) is 12.1 Å². The fourth-order valence-electron chi connectivity index (χ4n) is 4.49. The number of aromatic nitrogens is 2. The van der Waals surface area contributed by atoms with Crippen molar-refractivity contribution in [2.75, 3.05) is 39.3 Å². The summed E-state index contributed by atoms with van der Waals surface area (Å²) in [6.45, 7) is 4.71. The number of amides is 2. The van der Waals surface area contributed by atoms with Gasteiger partial charge >= 0.3 is 0 Å². The largest absolute Gasteiger partial charge is 0.341 e. The number of rotatable bonds is 4. The zero-order valence-electron chi connectivity index (χ0n) is 18.0. The van der Waals surface area contributed by atoms with E-state index in [-0.39, 0.29) is 23.3 Å². The predicted octanol–water partition coefficient (Wildman–Crippen LogP) is 2.15. The van der Waals surface area contributed by atoms with Crippen LogP contribution in [0.3, 0.4) is 0 Å². The lowest BCUT2D eigenvalue weighted by Crippen LogP contribution is -2.44. The summed E-state index contributed by atoms with van der Waals surface area (Å²) in [7, 11) is 2.00. The van der Waals surface area contributed by atoms with Crippen LogP contribution in [0.15, 0.2) is 36.7 Å². The summed E-state index contributed by atoms with van der Waals surface area (Å²) in [5.74, 6) is 0.470. The molecule has 0 N–H and O–H groups in total. The van der Waals surface area contributed by atoms with Crippen LogP contribution < -0.4 is 0 Å². The molecule has 2 aliphatic heterocycles. The number of halogens is 1. The van der Waals surface area contributed by atoms with Crippen molar-refractivity contribution in [3.63, 3.8) is 0 Å². The van der Waals surface area contributed by atoms with Crippen molar-refractivity contribution in [3.8, 4) is 0 Å². The summed E-state index contributed by atoms with van der Waals surface area (Å²) in [6, 6.07) is 6.08. The van der Waals surface area contributed by atoms with Crippen LogP contribution in [0.5, 0.6) is 0 Å². The molecular weight excluding hydrogens is 397 g/mol. The third-order valence-electron chi connectivity index (χ3n) is 6.42. The Morgan fingerprint density at radius 3 is 2.45 bits per heavy atom. The van der Waals surface area contributed by atoms with Gasteiger partial charge in [0.15, 0.2) is 0 Å². The van der Waals surface area contributed by atoms with Crippen LogP contribution in [0.1, 0.15) is 35.4 Å². The van der Waals surface area contributed by atoms with Crippen LogP contribution in [0, 0.1) is 11.7 Å². The van der Waals surface area contributed by atoms with Crippen molar-refractivity contribution in [2.24, 2.45) is 13.0 Å². The first-order valence-corrected chi connectivity index (χ1v) is 11.0. The van der Waals surface area contributed by atoms with E-state index in [4.69, 9.17) is 0 Å². The number of aryl methyl sites for hydroxylation is 1. The fraction of sp³-hybridized carbons (Fsp3) is 0.522. The SMILES string of the molecule is Cn1ccnc1CN1CCC(C(=O)N2CCCN(C(=O)c3ccccc3F)CC2)CC1. The van der Waals surface area contributed by atoms with Crippen molar-refractivity contribution in [3.05, 3.63) is 53.9 Å². The van der Waals surface area contributed by atoms with Gasteiger partial charge in [-0.25, -0.2) is 9.37 Å². The molecule has 0 radical (unpaired) electrons. The number of hydrogen-bond donors (Lipinski definition) is 0. The molecule has 4 rings (SSSR count). The lowest BCUT2D eigenvalue weighted by Gasteiger charge is -2.33. The van der Waals surface area contributed by atoms with Crippen LogP contribution in [0.2, 0.25) is 0 Å². The number of nitrogens with zero attached hydrogens (tertiary/aromatic N) is 5. The smallest absolute Gasteiger partial charge is 0.256 e. The molecule has 166 valence electrons. The zero-order valence-corrected chi connectivity index (χ0v) is 18.0. The molecule has 1 aromatic carbocycles. The first kappa shape index (κ1) is 21.5. The van der Waals surface area contributed by atoms with E-state index in [1.165, 1.54) is 12.1 Å². The average Bonchev–Trinajstić information content (AvgIpc) is 3.03. The van der Waals surface area contributed by atoms with Crippen LogP contribution in [-0.4, -0.2) is 75.3 Å². The summed E-state index contributed by atoms with van der Waals surface area (Å²) in [5.41, 5.74) is 0.0994. The van der Waals surface area contributed by atoms with Gasteiger partial charge in [-0.05, 0) is 44.5 Å². The van der Waals surface area contributed by atoms with Gasteiger partial charge in [-0.2, -0.15) is 0 Å². The monoisotopic (exact) mass is 427 g/mol. The first-order chi connectivity index (χ1) is 15.0. The molecule has 0 spiro atoms. The molecular formula is C23H30FN5O2. The minimum absolute atomic E-state index is 0.0337. The van der Waals surface area contributed by atoms with E-state index in [1.807, 2.05) is 28.9 Å². The highest BCUT2D eigenvalue weighted by molar-refractivity contribution is 5.94. The number of imidazole rings is 1. The van der Waals surface area contributed by atoms with Crippen LogP contribution in [0.25, 0.3) is 0 Å². The molecule has 31 heavy (non-hydrogen) atoms. The zero-order chi connectivity index (χ0) is 21.8. The minimum atomic E-state index is -0.498. The second kappa shape index (κ2) is 9.60. The Hall–Kier alpha value is -2.74. The number of likely N-dealkylation sites (tertiary alicyclic amines) is 1. The lowest BCUT2D eigenvalue weighted by molar-refractivity contribution is -0.137. The summed E-state index contributed by atoms with van der Waals surface area (Å²) >= 11 is 0. The highest BCUT2D eigenvalue weighted by Crippen LogP contribution is 2.22. The number of benzene rings is 1. The van der Waals surface area contributed by atoms with Crippen LogP contribution in [-0.2, 0) is 18.4 Å². The van der Waals surface area contributed by atoms with E-state index in [0.717, 1.165) is 38.3 Å². The molecule has 1 aromatic heterocycles. The van der Waals surface area contributed by atoms with Gasteiger partial charge in [0.25, 0.3) is 5.91 Å². The maximum Gasteiger partial charge on any atom is 0.256 e. The Morgan fingerprint density at radius 2 is 1.74 bits per heavy atom. The van der Waals surface area contributed by atoms with Gasteiger partial charge in [0.1, 0.15) is 11.6 Å². The van der Waals surface area contributed by atoms with E-state index in [2.05, 4.69) is 9.88 Å². The predicted molar refractivity (Wildman–Crippen MR) is 115 cm³/mol. The van der Waals surface area contributed by atoms with Gasteiger partial charge in [-0.1, -0.05) is 12.1 Å². The van der Waals surface area contributed by atoms with Crippen molar-refractivity contribution in [1.82, 2.24) is 24.3 Å². The Kier molecular flexibility index (Phi) is 6.65. The van der Waals surface area contributed by atoms with Crippen molar-refractivity contribution < 1.29 is 14.0 Å². The van der Waals surface area contributed by atoms with E-state index in [0.29, 0.717) is 32.6 Å². The maximum atomic E-state index is 14.0. The highest BCUT2D eigenvalue weighted by Gasteiger charge is 2.31.